The van der Waals surface area contributed by atoms with Crippen LogP contribution >= 0.6 is 11.3 Å². The minimum absolute atomic E-state index is 0.0208. The molecule has 0 bridgehead atoms. The third kappa shape index (κ3) is 5.39. The number of pyridine rings is 1. The van der Waals surface area contributed by atoms with Gasteiger partial charge in [-0.05, 0) is 36.1 Å². The molecular formula is C21H22N4O3S. The molecule has 150 valence electrons. The highest BCUT2D eigenvalue weighted by Gasteiger charge is 2.13. The number of aryl methyl sites for hydroxylation is 1. The normalized spacial score (nSPS) is 10.7. The zero-order valence-electron chi connectivity index (χ0n) is 16.2. The van der Waals surface area contributed by atoms with E-state index >= 15 is 0 Å². The monoisotopic (exact) mass is 410 g/mol. The molecule has 0 spiro atoms. The van der Waals surface area contributed by atoms with E-state index in [0.717, 1.165) is 11.3 Å². The molecule has 0 aliphatic heterocycles. The fourth-order valence-corrected chi connectivity index (χ4v) is 3.55. The van der Waals surface area contributed by atoms with E-state index in [4.69, 9.17) is 0 Å². The summed E-state index contributed by atoms with van der Waals surface area (Å²) in [6.07, 6.45) is 2.20. The summed E-state index contributed by atoms with van der Waals surface area (Å²) in [6.45, 7) is 4.17. The number of H-pyrrole nitrogens is 1. The number of carbonyl (C=O) groups excluding carboxylic acids is 2. The van der Waals surface area contributed by atoms with Gasteiger partial charge in [0.1, 0.15) is 5.56 Å². The molecule has 29 heavy (non-hydrogen) atoms. The van der Waals surface area contributed by atoms with Crippen LogP contribution in [-0.4, -0.2) is 21.8 Å². The maximum absolute atomic E-state index is 12.3. The van der Waals surface area contributed by atoms with E-state index in [1.165, 1.54) is 23.6 Å². The Hall–Kier alpha value is -3.26. The summed E-state index contributed by atoms with van der Waals surface area (Å²) < 4.78 is 0. The summed E-state index contributed by atoms with van der Waals surface area (Å²) >= 11 is 1.25. The fraction of sp³-hybridized carbons (Fsp3) is 0.238. The largest absolute Gasteiger partial charge is 0.328 e. The van der Waals surface area contributed by atoms with Crippen molar-refractivity contribution < 1.29 is 9.59 Å². The number of benzene rings is 1. The van der Waals surface area contributed by atoms with Crippen LogP contribution in [0, 0.1) is 0 Å². The van der Waals surface area contributed by atoms with E-state index in [1.807, 2.05) is 24.3 Å². The average molecular weight is 410 g/mol. The van der Waals surface area contributed by atoms with Gasteiger partial charge in [0.2, 0.25) is 5.91 Å². The van der Waals surface area contributed by atoms with Crippen molar-refractivity contribution in [2.75, 3.05) is 10.6 Å². The summed E-state index contributed by atoms with van der Waals surface area (Å²) in [7, 11) is 0. The van der Waals surface area contributed by atoms with Gasteiger partial charge in [0, 0.05) is 23.7 Å². The quantitative estimate of drug-likeness (QED) is 0.551. The summed E-state index contributed by atoms with van der Waals surface area (Å²) in [5, 5.41) is 7.75. The molecule has 3 N–H and O–H groups in total. The van der Waals surface area contributed by atoms with Crippen LogP contribution in [0.15, 0.2) is 52.8 Å². The van der Waals surface area contributed by atoms with Crippen LogP contribution in [0.25, 0.3) is 0 Å². The van der Waals surface area contributed by atoms with Crippen molar-refractivity contribution in [3.05, 3.63) is 75.1 Å². The molecule has 0 unspecified atom stereocenters. The average Bonchev–Trinajstić information content (AvgIpc) is 3.14. The van der Waals surface area contributed by atoms with Crippen molar-refractivity contribution in [1.29, 1.82) is 0 Å². The first kappa shape index (κ1) is 20.5. The lowest BCUT2D eigenvalue weighted by Gasteiger charge is -2.13. The Morgan fingerprint density at radius 2 is 1.93 bits per heavy atom. The van der Waals surface area contributed by atoms with Gasteiger partial charge in [-0.3, -0.25) is 19.7 Å². The standard InChI is InChI=1S/C21H22N4O3S/c1-13(2)15-6-3-4-8-17(15)24-18(26)10-9-14-12-29-21(23-14)25-20(28)16-7-5-11-22-19(16)27/h3-8,11-13H,9-10H2,1-2H3,(H,22,27)(H,24,26)(H,23,25,28). The molecular weight excluding hydrogens is 388 g/mol. The number of thiazole rings is 1. The van der Waals surface area contributed by atoms with Gasteiger partial charge in [0.25, 0.3) is 11.5 Å². The molecule has 0 saturated carbocycles. The molecule has 1 aromatic carbocycles. The van der Waals surface area contributed by atoms with E-state index in [-0.39, 0.29) is 17.9 Å². The van der Waals surface area contributed by atoms with E-state index in [9.17, 15) is 14.4 Å². The molecule has 0 aliphatic carbocycles. The second kappa shape index (κ2) is 9.29. The summed E-state index contributed by atoms with van der Waals surface area (Å²) in [6, 6.07) is 10.8. The van der Waals surface area contributed by atoms with Crippen LogP contribution in [0.3, 0.4) is 0 Å². The molecule has 0 fully saturated rings. The van der Waals surface area contributed by atoms with Crippen molar-refractivity contribution in [2.45, 2.75) is 32.6 Å². The highest BCUT2D eigenvalue weighted by atomic mass is 32.1. The maximum Gasteiger partial charge on any atom is 0.263 e. The molecule has 2 heterocycles. The van der Waals surface area contributed by atoms with Gasteiger partial charge in [-0.2, -0.15) is 0 Å². The lowest BCUT2D eigenvalue weighted by Crippen LogP contribution is -2.22. The summed E-state index contributed by atoms with van der Waals surface area (Å²) in [4.78, 5) is 42.9. The Kier molecular flexibility index (Phi) is 6.56. The van der Waals surface area contributed by atoms with Gasteiger partial charge in [-0.1, -0.05) is 32.0 Å². The highest BCUT2D eigenvalue weighted by Crippen LogP contribution is 2.24. The summed E-state index contributed by atoms with van der Waals surface area (Å²) in [5.41, 5.74) is 2.19. The number of hydrogen-bond donors (Lipinski definition) is 3. The molecule has 8 heteroatoms. The SMILES string of the molecule is CC(C)c1ccccc1NC(=O)CCc1csc(NC(=O)c2ccc[nH]c2=O)n1. The van der Waals surface area contributed by atoms with Crippen molar-refractivity contribution >= 4 is 34.0 Å². The number of para-hydroxylation sites is 1. The Morgan fingerprint density at radius 3 is 2.69 bits per heavy atom. The van der Waals surface area contributed by atoms with Crippen LogP contribution in [0.5, 0.6) is 0 Å². The summed E-state index contributed by atoms with van der Waals surface area (Å²) in [5.74, 6) is -0.295. The smallest absolute Gasteiger partial charge is 0.263 e. The number of amides is 2. The Balaban J connectivity index is 1.55. The van der Waals surface area contributed by atoms with Crippen LogP contribution in [0.2, 0.25) is 0 Å². The number of nitrogens with zero attached hydrogens (tertiary/aromatic N) is 1. The molecule has 2 amide bonds. The van der Waals surface area contributed by atoms with Gasteiger partial charge >= 0.3 is 0 Å². The minimum Gasteiger partial charge on any atom is -0.328 e. The first-order chi connectivity index (χ1) is 13.9. The number of nitrogens with one attached hydrogen (secondary N) is 3. The molecule has 7 nitrogen and oxygen atoms in total. The van der Waals surface area contributed by atoms with Gasteiger partial charge in [-0.15, -0.1) is 11.3 Å². The number of rotatable bonds is 7. The lowest BCUT2D eigenvalue weighted by atomic mass is 10.0. The van der Waals surface area contributed by atoms with Crippen molar-refractivity contribution in [2.24, 2.45) is 0 Å². The zero-order chi connectivity index (χ0) is 20.8. The molecule has 0 radical (unpaired) electrons. The van der Waals surface area contributed by atoms with E-state index < -0.39 is 11.5 Å². The number of aromatic amines is 1. The third-order valence-corrected chi connectivity index (χ3v) is 5.11. The first-order valence-corrected chi connectivity index (χ1v) is 10.1. The lowest BCUT2D eigenvalue weighted by molar-refractivity contribution is -0.116. The number of anilines is 2. The fourth-order valence-electron chi connectivity index (χ4n) is 2.81. The predicted molar refractivity (Wildman–Crippen MR) is 115 cm³/mol. The van der Waals surface area contributed by atoms with E-state index in [2.05, 4.69) is 34.4 Å². The zero-order valence-corrected chi connectivity index (χ0v) is 17.0. The number of aromatic nitrogens is 2. The topological polar surface area (TPSA) is 104 Å². The van der Waals surface area contributed by atoms with Gasteiger partial charge in [0.15, 0.2) is 5.13 Å². The molecule has 0 atom stereocenters. The second-order valence-corrected chi connectivity index (χ2v) is 7.66. The molecule has 0 saturated heterocycles. The molecule has 3 rings (SSSR count). The van der Waals surface area contributed by atoms with Gasteiger partial charge < -0.3 is 10.3 Å². The highest BCUT2D eigenvalue weighted by molar-refractivity contribution is 7.14. The van der Waals surface area contributed by atoms with Crippen LogP contribution in [-0.2, 0) is 11.2 Å². The molecule has 0 aliphatic rings. The number of carbonyl (C=O) groups is 2. The maximum atomic E-state index is 12.3. The Morgan fingerprint density at radius 1 is 1.14 bits per heavy atom. The van der Waals surface area contributed by atoms with Crippen LogP contribution < -0.4 is 16.2 Å². The molecule has 3 aromatic rings. The minimum atomic E-state index is -0.518. The van der Waals surface area contributed by atoms with E-state index in [0.29, 0.717) is 23.2 Å². The number of hydrogen-bond acceptors (Lipinski definition) is 5. The predicted octanol–water partition coefficient (Wildman–Crippen LogP) is 3.78. The van der Waals surface area contributed by atoms with Crippen molar-refractivity contribution in [1.82, 2.24) is 9.97 Å². The van der Waals surface area contributed by atoms with Crippen molar-refractivity contribution in [3.8, 4) is 0 Å². The second-order valence-electron chi connectivity index (χ2n) is 6.80. The van der Waals surface area contributed by atoms with Gasteiger partial charge in [0.05, 0.1) is 5.69 Å². The van der Waals surface area contributed by atoms with E-state index in [1.54, 1.807) is 11.4 Å². The Labute approximate surface area is 172 Å². The van der Waals surface area contributed by atoms with Crippen LogP contribution in [0.4, 0.5) is 10.8 Å². The van der Waals surface area contributed by atoms with Crippen LogP contribution in [0.1, 0.15) is 47.8 Å². The van der Waals surface area contributed by atoms with Gasteiger partial charge in [-0.25, -0.2) is 4.98 Å². The third-order valence-electron chi connectivity index (χ3n) is 4.30. The Bertz CT molecular complexity index is 1070. The van der Waals surface area contributed by atoms with Crippen molar-refractivity contribution in [3.63, 3.8) is 0 Å². The molecule has 2 aromatic heterocycles. The first-order valence-electron chi connectivity index (χ1n) is 9.26.